The van der Waals surface area contributed by atoms with Crippen LogP contribution in [-0.2, 0) is 14.3 Å². The third-order valence-corrected chi connectivity index (χ3v) is 1.56. The van der Waals surface area contributed by atoms with Crippen LogP contribution in [-0.4, -0.2) is 39.4 Å². The van der Waals surface area contributed by atoms with Gasteiger partial charge in [0, 0.05) is 19.2 Å². The lowest BCUT2D eigenvalue weighted by Crippen LogP contribution is -2.21. The maximum absolute atomic E-state index is 10.9. The zero-order valence-corrected chi connectivity index (χ0v) is 8.97. The summed E-state index contributed by atoms with van der Waals surface area (Å²) in [5.41, 5.74) is 0.442. The van der Waals surface area contributed by atoms with E-state index in [-0.39, 0.29) is 5.97 Å². The molecule has 82 valence electrons. The first-order valence-electron chi connectivity index (χ1n) is 4.70. The van der Waals surface area contributed by atoms with Crippen molar-refractivity contribution >= 4 is 5.97 Å². The SMILES string of the molecule is C=C(C)C(=O)OCCCNCCOC. The van der Waals surface area contributed by atoms with Crippen molar-refractivity contribution < 1.29 is 14.3 Å². The Labute approximate surface area is 85.3 Å². The Hall–Kier alpha value is -0.870. The van der Waals surface area contributed by atoms with Crippen molar-refractivity contribution in [3.8, 4) is 0 Å². The van der Waals surface area contributed by atoms with Crippen LogP contribution in [0.15, 0.2) is 12.2 Å². The number of nitrogens with one attached hydrogen (secondary N) is 1. The number of hydrogen-bond acceptors (Lipinski definition) is 4. The molecule has 0 amide bonds. The highest BCUT2D eigenvalue weighted by atomic mass is 16.5. The van der Waals surface area contributed by atoms with E-state index < -0.39 is 0 Å². The highest BCUT2D eigenvalue weighted by molar-refractivity contribution is 5.86. The first-order chi connectivity index (χ1) is 6.68. The summed E-state index contributed by atoms with van der Waals surface area (Å²) in [5, 5.41) is 3.15. The Kier molecular flexibility index (Phi) is 8.17. The third kappa shape index (κ3) is 7.76. The zero-order valence-electron chi connectivity index (χ0n) is 8.97. The molecule has 0 unspecified atom stereocenters. The summed E-state index contributed by atoms with van der Waals surface area (Å²) >= 11 is 0. The van der Waals surface area contributed by atoms with Crippen molar-refractivity contribution in [3.05, 3.63) is 12.2 Å². The molecule has 14 heavy (non-hydrogen) atoms. The van der Waals surface area contributed by atoms with E-state index in [0.29, 0.717) is 18.8 Å². The van der Waals surface area contributed by atoms with Crippen LogP contribution in [0.25, 0.3) is 0 Å². The van der Waals surface area contributed by atoms with Gasteiger partial charge in [-0.25, -0.2) is 4.79 Å². The molecule has 0 saturated heterocycles. The molecule has 4 nitrogen and oxygen atoms in total. The molecule has 0 aromatic heterocycles. The second-order valence-corrected chi connectivity index (χ2v) is 3.01. The number of hydrogen-bond donors (Lipinski definition) is 1. The van der Waals surface area contributed by atoms with E-state index in [0.717, 1.165) is 19.5 Å². The molecule has 0 saturated carbocycles. The maximum atomic E-state index is 10.9. The molecule has 0 atom stereocenters. The normalized spacial score (nSPS) is 9.86. The summed E-state index contributed by atoms with van der Waals surface area (Å²) in [7, 11) is 1.66. The molecule has 0 spiro atoms. The van der Waals surface area contributed by atoms with E-state index in [1.807, 2.05) is 0 Å². The van der Waals surface area contributed by atoms with Gasteiger partial charge in [-0.3, -0.25) is 0 Å². The predicted molar refractivity (Wildman–Crippen MR) is 55.1 cm³/mol. The van der Waals surface area contributed by atoms with Gasteiger partial charge in [0.1, 0.15) is 0 Å². The molecule has 1 N–H and O–H groups in total. The quantitative estimate of drug-likeness (QED) is 0.357. The van der Waals surface area contributed by atoms with Gasteiger partial charge < -0.3 is 14.8 Å². The first-order valence-corrected chi connectivity index (χ1v) is 4.70. The molecular formula is C10H19NO3. The Morgan fingerprint density at radius 2 is 2.07 bits per heavy atom. The smallest absolute Gasteiger partial charge is 0.333 e. The van der Waals surface area contributed by atoms with Crippen molar-refractivity contribution in [3.63, 3.8) is 0 Å². The third-order valence-electron chi connectivity index (χ3n) is 1.56. The summed E-state index contributed by atoms with van der Waals surface area (Å²) in [6.45, 7) is 7.91. The van der Waals surface area contributed by atoms with Crippen LogP contribution in [0.3, 0.4) is 0 Å². The van der Waals surface area contributed by atoms with Crippen molar-refractivity contribution in [2.24, 2.45) is 0 Å². The largest absolute Gasteiger partial charge is 0.462 e. The van der Waals surface area contributed by atoms with E-state index in [1.165, 1.54) is 0 Å². The second-order valence-electron chi connectivity index (χ2n) is 3.01. The molecule has 0 aliphatic heterocycles. The van der Waals surface area contributed by atoms with Crippen molar-refractivity contribution in [2.75, 3.05) is 33.4 Å². The Morgan fingerprint density at radius 3 is 2.64 bits per heavy atom. The molecule has 0 fully saturated rings. The minimum Gasteiger partial charge on any atom is -0.462 e. The average molecular weight is 201 g/mol. The summed E-state index contributed by atoms with van der Waals surface area (Å²) in [4.78, 5) is 10.9. The van der Waals surface area contributed by atoms with Crippen LogP contribution in [0.1, 0.15) is 13.3 Å². The van der Waals surface area contributed by atoms with Crippen LogP contribution in [0.5, 0.6) is 0 Å². The van der Waals surface area contributed by atoms with Gasteiger partial charge in [-0.15, -0.1) is 0 Å². The number of carbonyl (C=O) groups excluding carboxylic acids is 1. The van der Waals surface area contributed by atoms with E-state index >= 15 is 0 Å². The molecule has 0 aromatic carbocycles. The fourth-order valence-corrected chi connectivity index (χ4v) is 0.784. The number of ether oxygens (including phenoxy) is 2. The van der Waals surface area contributed by atoms with E-state index in [2.05, 4.69) is 11.9 Å². The van der Waals surface area contributed by atoms with Crippen molar-refractivity contribution in [1.29, 1.82) is 0 Å². The topological polar surface area (TPSA) is 47.6 Å². The molecule has 0 rings (SSSR count). The first kappa shape index (κ1) is 13.1. The molecule has 0 radical (unpaired) electrons. The van der Waals surface area contributed by atoms with E-state index in [4.69, 9.17) is 9.47 Å². The second kappa shape index (κ2) is 8.72. The molecule has 0 aromatic rings. The minimum absolute atomic E-state index is 0.318. The fraction of sp³-hybridized carbons (Fsp3) is 0.700. The van der Waals surface area contributed by atoms with Gasteiger partial charge in [0.15, 0.2) is 0 Å². The highest BCUT2D eigenvalue weighted by Crippen LogP contribution is 1.92. The van der Waals surface area contributed by atoms with Gasteiger partial charge in [0.25, 0.3) is 0 Å². The Morgan fingerprint density at radius 1 is 1.36 bits per heavy atom. The minimum atomic E-state index is -0.318. The lowest BCUT2D eigenvalue weighted by molar-refractivity contribution is -0.139. The van der Waals surface area contributed by atoms with Gasteiger partial charge in [-0.2, -0.15) is 0 Å². The van der Waals surface area contributed by atoms with Crippen LogP contribution < -0.4 is 5.32 Å². The molecule has 4 heteroatoms. The zero-order chi connectivity index (χ0) is 10.8. The molecule has 0 aliphatic carbocycles. The average Bonchev–Trinajstić information content (AvgIpc) is 2.16. The molecule has 0 heterocycles. The summed E-state index contributed by atoms with van der Waals surface area (Å²) in [5.74, 6) is -0.318. The van der Waals surface area contributed by atoms with Crippen LogP contribution in [0, 0.1) is 0 Å². The monoisotopic (exact) mass is 201 g/mol. The van der Waals surface area contributed by atoms with Gasteiger partial charge in [0.2, 0.25) is 0 Å². The van der Waals surface area contributed by atoms with Gasteiger partial charge in [-0.05, 0) is 19.9 Å². The van der Waals surface area contributed by atoms with Crippen LogP contribution >= 0.6 is 0 Å². The van der Waals surface area contributed by atoms with Crippen molar-refractivity contribution in [2.45, 2.75) is 13.3 Å². The number of methoxy groups -OCH3 is 1. The lowest BCUT2D eigenvalue weighted by atomic mass is 10.3. The fourth-order valence-electron chi connectivity index (χ4n) is 0.784. The lowest BCUT2D eigenvalue weighted by Gasteiger charge is -2.05. The summed E-state index contributed by atoms with van der Waals surface area (Å²) < 4.78 is 9.76. The molecular weight excluding hydrogens is 182 g/mol. The van der Waals surface area contributed by atoms with E-state index in [9.17, 15) is 4.79 Å². The summed E-state index contributed by atoms with van der Waals surface area (Å²) in [6, 6.07) is 0. The Balaban J connectivity index is 3.13. The van der Waals surface area contributed by atoms with Gasteiger partial charge in [-0.1, -0.05) is 6.58 Å². The molecule has 0 bridgehead atoms. The highest BCUT2D eigenvalue weighted by Gasteiger charge is 2.01. The van der Waals surface area contributed by atoms with Crippen LogP contribution in [0.4, 0.5) is 0 Å². The van der Waals surface area contributed by atoms with Gasteiger partial charge >= 0.3 is 5.97 Å². The van der Waals surface area contributed by atoms with Crippen LogP contribution in [0.2, 0.25) is 0 Å². The molecule has 0 aliphatic rings. The number of esters is 1. The maximum Gasteiger partial charge on any atom is 0.333 e. The number of carbonyl (C=O) groups is 1. The number of rotatable bonds is 8. The predicted octanol–water partition coefficient (Wildman–Crippen LogP) is 0.732. The van der Waals surface area contributed by atoms with Crippen molar-refractivity contribution in [1.82, 2.24) is 5.32 Å². The summed E-state index contributed by atoms with van der Waals surface area (Å²) in [6.07, 6.45) is 0.808. The van der Waals surface area contributed by atoms with Gasteiger partial charge in [0.05, 0.1) is 13.2 Å². The standard InChI is InChI=1S/C10H19NO3/c1-9(2)10(12)14-7-4-5-11-6-8-13-3/h11H,1,4-8H2,2-3H3. The Bertz CT molecular complexity index is 180. The van der Waals surface area contributed by atoms with E-state index in [1.54, 1.807) is 14.0 Å².